The number of thiazole rings is 1. The highest BCUT2D eigenvalue weighted by Crippen LogP contribution is 2.30. The van der Waals surface area contributed by atoms with Gasteiger partial charge in [0.25, 0.3) is 0 Å². The van der Waals surface area contributed by atoms with Crippen LogP contribution in [-0.2, 0) is 4.74 Å². The Morgan fingerprint density at radius 1 is 1.39 bits per heavy atom. The summed E-state index contributed by atoms with van der Waals surface area (Å²) in [6.45, 7) is 4.10. The van der Waals surface area contributed by atoms with Crippen LogP contribution in [0.1, 0.15) is 11.8 Å². The van der Waals surface area contributed by atoms with E-state index in [9.17, 15) is 4.79 Å². The minimum absolute atomic E-state index is 0.349. The van der Waals surface area contributed by atoms with Crippen LogP contribution in [-0.4, -0.2) is 17.7 Å². The fourth-order valence-electron chi connectivity index (χ4n) is 1.57. The Bertz CT molecular complexity index is 537. The molecule has 1 heterocycles. The van der Waals surface area contributed by atoms with Crippen LogP contribution >= 0.6 is 11.3 Å². The van der Waals surface area contributed by atoms with Gasteiger partial charge in [0.05, 0.1) is 12.3 Å². The number of hydrogen-bond acceptors (Lipinski definition) is 4. The van der Waals surface area contributed by atoms with E-state index in [1.54, 1.807) is 6.92 Å². The van der Waals surface area contributed by atoms with Crippen molar-refractivity contribution in [2.24, 2.45) is 0 Å². The highest BCUT2D eigenvalue weighted by atomic mass is 32.1. The van der Waals surface area contributed by atoms with Crippen molar-refractivity contribution in [2.75, 3.05) is 11.9 Å². The number of rotatable bonds is 3. The predicted octanol–water partition coefficient (Wildman–Crippen LogP) is 3.69. The van der Waals surface area contributed by atoms with Crippen LogP contribution in [0.5, 0.6) is 0 Å². The molecule has 0 aliphatic rings. The van der Waals surface area contributed by atoms with Crippen LogP contribution in [0.4, 0.5) is 9.93 Å². The van der Waals surface area contributed by atoms with Gasteiger partial charge < -0.3 is 4.74 Å². The smallest absolute Gasteiger partial charge is 0.413 e. The van der Waals surface area contributed by atoms with Gasteiger partial charge in [-0.3, -0.25) is 5.32 Å². The van der Waals surface area contributed by atoms with Gasteiger partial charge in [-0.15, -0.1) is 11.3 Å². The Morgan fingerprint density at radius 3 is 2.78 bits per heavy atom. The number of benzene rings is 1. The Kier molecular flexibility index (Phi) is 3.94. The van der Waals surface area contributed by atoms with Crippen molar-refractivity contribution in [3.63, 3.8) is 0 Å². The van der Waals surface area contributed by atoms with Crippen LogP contribution in [0, 0.1) is 6.92 Å². The molecule has 2 aromatic rings. The van der Waals surface area contributed by atoms with Gasteiger partial charge in [-0.2, -0.15) is 0 Å². The van der Waals surface area contributed by atoms with Crippen LogP contribution in [0.2, 0.25) is 0 Å². The molecule has 0 spiro atoms. The summed E-state index contributed by atoms with van der Waals surface area (Å²) in [5.41, 5.74) is 1.94. The summed E-state index contributed by atoms with van der Waals surface area (Å²) in [4.78, 5) is 16.8. The number of carbonyl (C=O) groups excluding carboxylic acids is 1. The van der Waals surface area contributed by atoms with Gasteiger partial charge in [0, 0.05) is 10.4 Å². The summed E-state index contributed by atoms with van der Waals surface area (Å²) >= 11 is 1.44. The lowest BCUT2D eigenvalue weighted by Crippen LogP contribution is -2.12. The number of aromatic nitrogens is 1. The summed E-state index contributed by atoms with van der Waals surface area (Å²) in [5.74, 6) is 0. The number of amides is 1. The molecule has 0 saturated heterocycles. The lowest BCUT2D eigenvalue weighted by molar-refractivity contribution is 0.168. The molecule has 5 heteroatoms. The molecule has 4 nitrogen and oxygen atoms in total. The molecule has 0 saturated carbocycles. The third-order valence-electron chi connectivity index (χ3n) is 2.33. The summed E-state index contributed by atoms with van der Waals surface area (Å²) in [6, 6.07) is 9.88. The molecule has 0 fully saturated rings. The first-order valence-corrected chi connectivity index (χ1v) is 6.49. The van der Waals surface area contributed by atoms with Gasteiger partial charge in [-0.05, 0) is 13.8 Å². The van der Waals surface area contributed by atoms with E-state index in [1.165, 1.54) is 11.3 Å². The zero-order chi connectivity index (χ0) is 13.0. The second-order valence-electron chi connectivity index (χ2n) is 3.64. The first-order chi connectivity index (χ1) is 8.70. The predicted molar refractivity (Wildman–Crippen MR) is 72.9 cm³/mol. The number of nitrogens with one attached hydrogen (secondary N) is 1. The average Bonchev–Trinajstić information content (AvgIpc) is 2.71. The molecular formula is C13H14N2O2S. The van der Waals surface area contributed by atoms with Crippen molar-refractivity contribution in [3.05, 3.63) is 35.2 Å². The molecule has 94 valence electrons. The molecule has 0 radical (unpaired) electrons. The Morgan fingerprint density at radius 2 is 2.11 bits per heavy atom. The molecule has 0 bridgehead atoms. The number of hydrogen-bond donors (Lipinski definition) is 1. The maximum Gasteiger partial charge on any atom is 0.413 e. The largest absolute Gasteiger partial charge is 0.450 e. The van der Waals surface area contributed by atoms with Crippen LogP contribution < -0.4 is 5.32 Å². The summed E-state index contributed by atoms with van der Waals surface area (Å²) < 4.78 is 4.82. The van der Waals surface area contributed by atoms with Crippen molar-refractivity contribution >= 4 is 22.6 Å². The molecule has 2 rings (SSSR count). The zero-order valence-electron chi connectivity index (χ0n) is 10.3. The average molecular weight is 262 g/mol. The fraction of sp³-hybridized carbons (Fsp3) is 0.231. The Hall–Kier alpha value is -1.88. The minimum atomic E-state index is -0.467. The lowest BCUT2D eigenvalue weighted by Gasteiger charge is -2.00. The maximum atomic E-state index is 11.3. The molecule has 1 aromatic carbocycles. The first-order valence-electron chi connectivity index (χ1n) is 5.67. The van der Waals surface area contributed by atoms with Crippen LogP contribution in [0.15, 0.2) is 30.3 Å². The van der Waals surface area contributed by atoms with E-state index >= 15 is 0 Å². The van der Waals surface area contributed by atoms with Crippen molar-refractivity contribution in [1.82, 2.24) is 4.98 Å². The first kappa shape index (κ1) is 12.6. The normalized spacial score (nSPS) is 10.1. The van der Waals surface area contributed by atoms with Gasteiger partial charge in [0.1, 0.15) is 0 Å². The molecule has 1 aromatic heterocycles. The van der Waals surface area contributed by atoms with E-state index in [4.69, 9.17) is 4.74 Å². The third-order valence-corrected chi connectivity index (χ3v) is 3.21. The number of nitrogens with zero attached hydrogens (tertiary/aromatic N) is 1. The van der Waals surface area contributed by atoms with E-state index in [1.807, 2.05) is 37.3 Å². The molecule has 1 amide bonds. The number of ether oxygens (including phenoxy) is 1. The number of aryl methyl sites for hydroxylation is 1. The summed E-state index contributed by atoms with van der Waals surface area (Å²) in [5, 5.41) is 3.18. The highest BCUT2D eigenvalue weighted by molar-refractivity contribution is 7.16. The fourth-order valence-corrected chi connectivity index (χ4v) is 2.39. The van der Waals surface area contributed by atoms with Gasteiger partial charge >= 0.3 is 6.09 Å². The van der Waals surface area contributed by atoms with Gasteiger partial charge in [0.15, 0.2) is 5.13 Å². The summed E-state index contributed by atoms with van der Waals surface area (Å²) in [6.07, 6.45) is -0.467. The quantitative estimate of drug-likeness (QED) is 0.917. The second kappa shape index (κ2) is 5.64. The molecule has 18 heavy (non-hydrogen) atoms. The molecule has 0 aliphatic carbocycles. The van der Waals surface area contributed by atoms with Crippen molar-refractivity contribution in [2.45, 2.75) is 13.8 Å². The summed E-state index contributed by atoms with van der Waals surface area (Å²) in [7, 11) is 0. The topological polar surface area (TPSA) is 51.2 Å². The van der Waals surface area contributed by atoms with Crippen molar-refractivity contribution in [3.8, 4) is 11.3 Å². The van der Waals surface area contributed by atoms with Gasteiger partial charge in [-0.1, -0.05) is 30.3 Å². The van der Waals surface area contributed by atoms with E-state index in [-0.39, 0.29) is 0 Å². The lowest BCUT2D eigenvalue weighted by atomic mass is 10.1. The maximum absolute atomic E-state index is 11.3. The SMILES string of the molecule is CCOC(=O)Nc1nc(-c2ccccc2)c(C)s1. The molecule has 0 unspecified atom stereocenters. The third kappa shape index (κ3) is 2.87. The number of carbonyl (C=O) groups is 1. The number of anilines is 1. The van der Waals surface area contributed by atoms with E-state index in [2.05, 4.69) is 10.3 Å². The van der Waals surface area contributed by atoms with Crippen LogP contribution in [0.25, 0.3) is 11.3 Å². The molecule has 0 aliphatic heterocycles. The zero-order valence-corrected chi connectivity index (χ0v) is 11.1. The van der Waals surface area contributed by atoms with Crippen LogP contribution in [0.3, 0.4) is 0 Å². The molecule has 1 N–H and O–H groups in total. The minimum Gasteiger partial charge on any atom is -0.450 e. The van der Waals surface area contributed by atoms with Crippen molar-refractivity contribution < 1.29 is 9.53 Å². The van der Waals surface area contributed by atoms with E-state index in [0.717, 1.165) is 16.1 Å². The van der Waals surface area contributed by atoms with E-state index in [0.29, 0.717) is 11.7 Å². The Labute approximate surface area is 110 Å². The molecular weight excluding hydrogens is 248 g/mol. The standard InChI is InChI=1S/C13H14N2O2S/c1-3-17-13(16)15-12-14-11(9(2)18-12)10-7-5-4-6-8-10/h4-8H,3H2,1-2H3,(H,14,15,16). The second-order valence-corrected chi connectivity index (χ2v) is 4.84. The van der Waals surface area contributed by atoms with Gasteiger partial charge in [0.2, 0.25) is 0 Å². The highest BCUT2D eigenvalue weighted by Gasteiger charge is 2.11. The van der Waals surface area contributed by atoms with Gasteiger partial charge in [-0.25, -0.2) is 9.78 Å². The van der Waals surface area contributed by atoms with Crippen molar-refractivity contribution in [1.29, 1.82) is 0 Å². The van der Waals surface area contributed by atoms with E-state index < -0.39 is 6.09 Å². The molecule has 0 atom stereocenters. The monoisotopic (exact) mass is 262 g/mol. The Balaban J connectivity index is 2.20.